The lowest BCUT2D eigenvalue weighted by molar-refractivity contribution is 0.508. The molecule has 1 aromatic carbocycles. The van der Waals surface area contributed by atoms with Gasteiger partial charge in [-0.05, 0) is 38.0 Å². The summed E-state index contributed by atoms with van der Waals surface area (Å²) in [6, 6.07) is 6.21. The molecule has 0 amide bonds. The summed E-state index contributed by atoms with van der Waals surface area (Å²) in [5, 5.41) is -0.194. The van der Waals surface area contributed by atoms with E-state index in [4.69, 9.17) is 16.0 Å². The van der Waals surface area contributed by atoms with E-state index in [1.54, 1.807) is 6.20 Å². The first-order valence-corrected chi connectivity index (χ1v) is 5.69. The van der Waals surface area contributed by atoms with Crippen molar-refractivity contribution in [3.05, 3.63) is 41.4 Å². The molecule has 1 aromatic heterocycles. The van der Waals surface area contributed by atoms with Gasteiger partial charge in [-0.15, -0.1) is 11.6 Å². The fourth-order valence-electron chi connectivity index (χ4n) is 1.50. The first-order valence-electron chi connectivity index (χ1n) is 5.25. The van der Waals surface area contributed by atoms with Crippen LogP contribution in [0.2, 0.25) is 0 Å². The molecular formula is C13H14ClNO. The van der Waals surface area contributed by atoms with Crippen molar-refractivity contribution in [1.82, 2.24) is 4.98 Å². The van der Waals surface area contributed by atoms with Crippen molar-refractivity contribution in [3.8, 4) is 11.3 Å². The molecule has 1 heterocycles. The molecule has 0 aliphatic heterocycles. The Labute approximate surface area is 100 Å². The third kappa shape index (κ3) is 2.12. The average Bonchev–Trinajstić information content (AvgIpc) is 2.71. The van der Waals surface area contributed by atoms with E-state index in [0.29, 0.717) is 5.89 Å². The van der Waals surface area contributed by atoms with E-state index < -0.39 is 0 Å². The van der Waals surface area contributed by atoms with Crippen LogP contribution in [0.3, 0.4) is 0 Å². The van der Waals surface area contributed by atoms with E-state index >= 15 is 0 Å². The fraction of sp³-hybridized carbons (Fsp3) is 0.308. The van der Waals surface area contributed by atoms with Crippen molar-refractivity contribution in [2.45, 2.75) is 26.1 Å². The van der Waals surface area contributed by atoms with Crippen molar-refractivity contribution in [2.24, 2.45) is 0 Å². The number of benzene rings is 1. The summed E-state index contributed by atoms with van der Waals surface area (Å²) in [6.45, 7) is 6.02. The lowest BCUT2D eigenvalue weighted by Crippen LogP contribution is -1.82. The lowest BCUT2D eigenvalue weighted by atomic mass is 10.1. The zero-order valence-corrected chi connectivity index (χ0v) is 10.4. The van der Waals surface area contributed by atoms with Crippen LogP contribution in [0, 0.1) is 13.8 Å². The molecular weight excluding hydrogens is 222 g/mol. The molecule has 0 aliphatic carbocycles. The summed E-state index contributed by atoms with van der Waals surface area (Å²) >= 11 is 5.90. The number of halogens is 1. The summed E-state index contributed by atoms with van der Waals surface area (Å²) in [6.07, 6.45) is 1.72. The van der Waals surface area contributed by atoms with Crippen molar-refractivity contribution < 1.29 is 4.42 Å². The van der Waals surface area contributed by atoms with E-state index in [0.717, 1.165) is 11.3 Å². The Balaban J connectivity index is 2.39. The van der Waals surface area contributed by atoms with E-state index in [2.05, 4.69) is 31.0 Å². The molecule has 0 radical (unpaired) electrons. The molecule has 0 N–H and O–H groups in total. The summed E-state index contributed by atoms with van der Waals surface area (Å²) in [5.74, 6) is 1.33. The standard InChI is InChI=1S/C13H14ClNO/c1-8-4-5-11(6-9(8)2)12-7-15-13(16-12)10(3)14/h4-7,10H,1-3H3. The number of aryl methyl sites for hydroxylation is 2. The Bertz CT molecular complexity index is 502. The van der Waals surface area contributed by atoms with E-state index in [1.807, 2.05) is 13.0 Å². The Hall–Kier alpha value is -1.28. The predicted octanol–water partition coefficient (Wildman–Crippen LogP) is 4.26. The lowest BCUT2D eigenvalue weighted by Gasteiger charge is -2.02. The molecule has 0 spiro atoms. The summed E-state index contributed by atoms with van der Waals surface area (Å²) in [5.41, 5.74) is 3.56. The second-order valence-electron chi connectivity index (χ2n) is 3.98. The largest absolute Gasteiger partial charge is 0.439 e. The van der Waals surface area contributed by atoms with Gasteiger partial charge < -0.3 is 4.42 Å². The summed E-state index contributed by atoms with van der Waals surface area (Å²) in [7, 11) is 0. The smallest absolute Gasteiger partial charge is 0.212 e. The van der Waals surface area contributed by atoms with Gasteiger partial charge in [-0.1, -0.05) is 12.1 Å². The average molecular weight is 236 g/mol. The van der Waals surface area contributed by atoms with E-state index in [1.165, 1.54) is 11.1 Å². The van der Waals surface area contributed by atoms with Crippen LogP contribution in [0.1, 0.15) is 29.3 Å². The van der Waals surface area contributed by atoms with Gasteiger partial charge in [0, 0.05) is 5.56 Å². The van der Waals surface area contributed by atoms with Crippen molar-refractivity contribution in [1.29, 1.82) is 0 Å². The third-order valence-electron chi connectivity index (χ3n) is 2.66. The number of oxazole rings is 1. The molecule has 0 fully saturated rings. The Morgan fingerprint density at radius 1 is 1.25 bits per heavy atom. The van der Waals surface area contributed by atoms with Gasteiger partial charge in [0.25, 0.3) is 0 Å². The number of alkyl halides is 1. The first-order chi connectivity index (χ1) is 7.58. The van der Waals surface area contributed by atoms with Crippen LogP contribution in [-0.4, -0.2) is 4.98 Å². The molecule has 1 unspecified atom stereocenters. The minimum atomic E-state index is -0.194. The molecule has 0 saturated carbocycles. The van der Waals surface area contributed by atoms with Crippen LogP contribution >= 0.6 is 11.6 Å². The maximum atomic E-state index is 5.90. The highest BCUT2D eigenvalue weighted by Crippen LogP contribution is 2.26. The minimum Gasteiger partial charge on any atom is -0.439 e. The number of hydrogen-bond acceptors (Lipinski definition) is 2. The van der Waals surface area contributed by atoms with Crippen LogP contribution in [0.4, 0.5) is 0 Å². The minimum absolute atomic E-state index is 0.194. The quantitative estimate of drug-likeness (QED) is 0.727. The molecule has 0 bridgehead atoms. The van der Waals surface area contributed by atoms with Gasteiger partial charge in [0.05, 0.1) is 6.20 Å². The number of rotatable bonds is 2. The van der Waals surface area contributed by atoms with Gasteiger partial charge in [-0.25, -0.2) is 4.98 Å². The zero-order valence-electron chi connectivity index (χ0n) is 9.62. The predicted molar refractivity (Wildman–Crippen MR) is 65.7 cm³/mol. The van der Waals surface area contributed by atoms with Gasteiger partial charge in [-0.3, -0.25) is 0 Å². The van der Waals surface area contributed by atoms with Crippen LogP contribution in [0.5, 0.6) is 0 Å². The molecule has 0 aliphatic rings. The number of nitrogens with zero attached hydrogens (tertiary/aromatic N) is 1. The van der Waals surface area contributed by atoms with Gasteiger partial charge in [-0.2, -0.15) is 0 Å². The van der Waals surface area contributed by atoms with Crippen LogP contribution in [-0.2, 0) is 0 Å². The maximum absolute atomic E-state index is 5.90. The molecule has 16 heavy (non-hydrogen) atoms. The van der Waals surface area contributed by atoms with Crippen LogP contribution < -0.4 is 0 Å². The Morgan fingerprint density at radius 3 is 2.56 bits per heavy atom. The monoisotopic (exact) mass is 235 g/mol. The molecule has 2 nitrogen and oxygen atoms in total. The molecule has 2 aromatic rings. The second-order valence-corrected chi connectivity index (χ2v) is 4.63. The zero-order chi connectivity index (χ0) is 11.7. The highest BCUT2D eigenvalue weighted by Gasteiger charge is 2.10. The third-order valence-corrected chi connectivity index (χ3v) is 2.84. The second kappa shape index (κ2) is 4.30. The highest BCUT2D eigenvalue weighted by atomic mass is 35.5. The van der Waals surface area contributed by atoms with E-state index in [9.17, 15) is 0 Å². The molecule has 2 rings (SSSR count). The van der Waals surface area contributed by atoms with Gasteiger partial charge >= 0.3 is 0 Å². The molecule has 0 saturated heterocycles. The fourth-order valence-corrected chi connectivity index (χ4v) is 1.60. The Morgan fingerprint density at radius 2 is 2.00 bits per heavy atom. The molecule has 84 valence electrons. The van der Waals surface area contributed by atoms with Crippen LogP contribution in [0.15, 0.2) is 28.8 Å². The number of aromatic nitrogens is 1. The van der Waals surface area contributed by atoms with Gasteiger partial charge in [0.1, 0.15) is 5.38 Å². The first kappa shape index (κ1) is 11.2. The number of hydrogen-bond donors (Lipinski definition) is 0. The summed E-state index contributed by atoms with van der Waals surface area (Å²) in [4.78, 5) is 4.15. The normalized spacial score (nSPS) is 12.8. The topological polar surface area (TPSA) is 26.0 Å². The van der Waals surface area contributed by atoms with Crippen molar-refractivity contribution >= 4 is 11.6 Å². The molecule has 3 heteroatoms. The van der Waals surface area contributed by atoms with Crippen molar-refractivity contribution in [3.63, 3.8) is 0 Å². The maximum Gasteiger partial charge on any atom is 0.212 e. The van der Waals surface area contributed by atoms with Gasteiger partial charge in [0.15, 0.2) is 5.76 Å². The van der Waals surface area contributed by atoms with Crippen molar-refractivity contribution in [2.75, 3.05) is 0 Å². The SMILES string of the molecule is Cc1ccc(-c2cnc(C(C)Cl)o2)cc1C. The van der Waals surface area contributed by atoms with Gasteiger partial charge in [0.2, 0.25) is 5.89 Å². The van der Waals surface area contributed by atoms with E-state index in [-0.39, 0.29) is 5.38 Å². The highest BCUT2D eigenvalue weighted by molar-refractivity contribution is 6.20. The Kier molecular flexibility index (Phi) is 3.01. The summed E-state index contributed by atoms with van der Waals surface area (Å²) < 4.78 is 5.58. The molecule has 1 atom stereocenters. The van der Waals surface area contributed by atoms with Crippen LogP contribution in [0.25, 0.3) is 11.3 Å².